The second-order valence-corrected chi connectivity index (χ2v) is 7.58. The summed E-state index contributed by atoms with van der Waals surface area (Å²) in [5.74, 6) is 1.66. The van der Waals surface area contributed by atoms with E-state index in [2.05, 4.69) is 22.0 Å². The van der Waals surface area contributed by atoms with Gasteiger partial charge in [0.2, 0.25) is 11.7 Å². The zero-order valence-electron chi connectivity index (χ0n) is 16.3. The molecule has 1 saturated heterocycles. The van der Waals surface area contributed by atoms with Gasteiger partial charge in [-0.25, -0.2) is 0 Å². The van der Waals surface area contributed by atoms with E-state index < -0.39 is 5.60 Å². The van der Waals surface area contributed by atoms with E-state index in [0.717, 1.165) is 30.1 Å². The highest BCUT2D eigenvalue weighted by molar-refractivity contribution is 5.41. The summed E-state index contributed by atoms with van der Waals surface area (Å²) < 4.78 is 5.55. The van der Waals surface area contributed by atoms with Crippen LogP contribution in [0.4, 0.5) is 0 Å². The maximum atomic E-state index is 11.7. The molecule has 0 saturated carbocycles. The molecule has 0 unspecified atom stereocenters. The molecule has 0 atom stereocenters. The van der Waals surface area contributed by atoms with Crippen LogP contribution in [0.25, 0.3) is 0 Å². The van der Waals surface area contributed by atoms with Gasteiger partial charge in [0.1, 0.15) is 0 Å². The summed E-state index contributed by atoms with van der Waals surface area (Å²) in [4.78, 5) is 6.95. The number of rotatable bonds is 6. The molecule has 1 fully saturated rings. The van der Waals surface area contributed by atoms with E-state index in [1.165, 1.54) is 19.3 Å². The normalized spacial score (nSPS) is 16.4. The average Bonchev–Trinajstić information content (AvgIpc) is 3.24. The van der Waals surface area contributed by atoms with Gasteiger partial charge in [-0.15, -0.1) is 0 Å². The van der Waals surface area contributed by atoms with Crippen LogP contribution in [0.15, 0.2) is 65.2 Å². The molecule has 2 heterocycles. The number of likely N-dealkylation sites (tertiary alicyclic amines) is 1. The van der Waals surface area contributed by atoms with Gasteiger partial charge in [-0.3, -0.25) is 4.90 Å². The minimum atomic E-state index is -1.44. The van der Waals surface area contributed by atoms with Crippen molar-refractivity contribution >= 4 is 0 Å². The van der Waals surface area contributed by atoms with Crippen molar-refractivity contribution in [3.05, 3.63) is 83.5 Å². The lowest BCUT2D eigenvalue weighted by Gasteiger charge is -2.30. The number of nitrogens with zero attached hydrogens (tertiary/aromatic N) is 3. The number of hydrogen-bond acceptors (Lipinski definition) is 5. The molecule has 5 nitrogen and oxygen atoms in total. The van der Waals surface area contributed by atoms with Crippen LogP contribution in [0.5, 0.6) is 0 Å². The van der Waals surface area contributed by atoms with Gasteiger partial charge >= 0.3 is 0 Å². The Bertz CT molecular complexity index is 832. The van der Waals surface area contributed by atoms with Crippen LogP contribution < -0.4 is 0 Å². The number of benzene rings is 2. The third-order valence-electron chi connectivity index (χ3n) is 5.82. The van der Waals surface area contributed by atoms with Gasteiger partial charge in [0.25, 0.3) is 0 Å². The molecule has 1 aliphatic heterocycles. The number of aliphatic hydroxyl groups is 1. The second-order valence-electron chi connectivity index (χ2n) is 7.58. The van der Waals surface area contributed by atoms with Gasteiger partial charge in [0.05, 0.1) is 6.54 Å². The monoisotopic (exact) mass is 377 g/mol. The molecular weight excluding hydrogens is 350 g/mol. The Morgan fingerprint density at radius 1 is 1.00 bits per heavy atom. The molecule has 0 radical (unpaired) electrons. The SMILES string of the molecule is CCC1CCN(Cc2nc(C(O)(c3ccccc3)c3ccccc3)no2)CC1. The van der Waals surface area contributed by atoms with Gasteiger partial charge in [0, 0.05) is 0 Å². The fourth-order valence-corrected chi connectivity index (χ4v) is 3.99. The molecule has 1 aromatic heterocycles. The lowest BCUT2D eigenvalue weighted by Crippen LogP contribution is -2.33. The van der Waals surface area contributed by atoms with Gasteiger partial charge in [0.15, 0.2) is 5.60 Å². The van der Waals surface area contributed by atoms with Crippen molar-refractivity contribution in [1.29, 1.82) is 0 Å². The van der Waals surface area contributed by atoms with E-state index in [9.17, 15) is 5.11 Å². The van der Waals surface area contributed by atoms with E-state index in [4.69, 9.17) is 4.52 Å². The molecule has 1 N–H and O–H groups in total. The molecule has 28 heavy (non-hydrogen) atoms. The summed E-state index contributed by atoms with van der Waals surface area (Å²) >= 11 is 0. The Morgan fingerprint density at radius 2 is 1.57 bits per heavy atom. The first-order valence-corrected chi connectivity index (χ1v) is 10.1. The topological polar surface area (TPSA) is 62.4 Å². The Balaban J connectivity index is 1.60. The predicted octanol–water partition coefficient (Wildman–Crippen LogP) is 3.98. The van der Waals surface area contributed by atoms with Crippen molar-refractivity contribution < 1.29 is 9.63 Å². The zero-order valence-corrected chi connectivity index (χ0v) is 16.3. The summed E-state index contributed by atoms with van der Waals surface area (Å²) in [6, 6.07) is 19.0. The molecule has 1 aliphatic rings. The largest absolute Gasteiger partial charge is 0.373 e. The average molecular weight is 377 g/mol. The fraction of sp³-hybridized carbons (Fsp3) is 0.391. The maximum absolute atomic E-state index is 11.7. The smallest absolute Gasteiger partial charge is 0.240 e. The van der Waals surface area contributed by atoms with E-state index in [1.807, 2.05) is 60.7 Å². The van der Waals surface area contributed by atoms with E-state index in [1.54, 1.807) is 0 Å². The molecule has 5 heteroatoms. The van der Waals surface area contributed by atoms with Crippen molar-refractivity contribution in [2.45, 2.75) is 38.3 Å². The first-order chi connectivity index (χ1) is 13.7. The predicted molar refractivity (Wildman–Crippen MR) is 108 cm³/mol. The summed E-state index contributed by atoms with van der Waals surface area (Å²) in [5.41, 5.74) is -0.00550. The van der Waals surface area contributed by atoms with E-state index >= 15 is 0 Å². The Hall–Kier alpha value is -2.50. The van der Waals surface area contributed by atoms with Crippen molar-refractivity contribution in [2.75, 3.05) is 13.1 Å². The highest BCUT2D eigenvalue weighted by Gasteiger charge is 2.38. The second kappa shape index (κ2) is 8.25. The first kappa shape index (κ1) is 18.8. The summed E-state index contributed by atoms with van der Waals surface area (Å²) in [6.07, 6.45) is 3.69. The molecule has 2 aromatic carbocycles. The summed E-state index contributed by atoms with van der Waals surface area (Å²) in [6.45, 7) is 5.00. The molecule has 0 amide bonds. The summed E-state index contributed by atoms with van der Waals surface area (Å²) in [7, 11) is 0. The van der Waals surface area contributed by atoms with Crippen LogP contribution in [-0.2, 0) is 12.1 Å². The van der Waals surface area contributed by atoms with Gasteiger partial charge in [-0.2, -0.15) is 4.98 Å². The van der Waals surface area contributed by atoms with Crippen LogP contribution in [0.1, 0.15) is 49.0 Å². The lowest BCUT2D eigenvalue weighted by atomic mass is 9.85. The zero-order chi connectivity index (χ0) is 19.4. The van der Waals surface area contributed by atoms with Crippen molar-refractivity contribution in [3.8, 4) is 0 Å². The molecule has 0 spiro atoms. The van der Waals surface area contributed by atoms with Crippen LogP contribution >= 0.6 is 0 Å². The first-order valence-electron chi connectivity index (χ1n) is 10.1. The van der Waals surface area contributed by atoms with Gasteiger partial charge in [-0.05, 0) is 43.0 Å². The van der Waals surface area contributed by atoms with Gasteiger partial charge < -0.3 is 9.63 Å². The minimum Gasteiger partial charge on any atom is -0.373 e. The molecule has 0 bridgehead atoms. The number of piperidine rings is 1. The van der Waals surface area contributed by atoms with Crippen molar-refractivity contribution in [2.24, 2.45) is 5.92 Å². The van der Waals surface area contributed by atoms with Crippen molar-refractivity contribution in [3.63, 3.8) is 0 Å². The number of aromatic nitrogens is 2. The quantitative estimate of drug-likeness (QED) is 0.704. The van der Waals surface area contributed by atoms with E-state index in [-0.39, 0.29) is 5.82 Å². The summed E-state index contributed by atoms with van der Waals surface area (Å²) in [5, 5.41) is 15.9. The Morgan fingerprint density at radius 3 is 2.11 bits per heavy atom. The van der Waals surface area contributed by atoms with Crippen molar-refractivity contribution in [1.82, 2.24) is 15.0 Å². The van der Waals surface area contributed by atoms with Gasteiger partial charge in [-0.1, -0.05) is 79.2 Å². The maximum Gasteiger partial charge on any atom is 0.240 e. The Labute approximate surface area is 166 Å². The molecule has 146 valence electrons. The standard InChI is InChI=1S/C23H27N3O2/c1-2-18-13-15-26(16-14-18)17-21-24-22(25-28-21)23(27,19-9-5-3-6-10-19)20-11-7-4-8-12-20/h3-12,18,27H,2,13-17H2,1H3. The minimum absolute atomic E-state index is 0.281. The lowest BCUT2D eigenvalue weighted by molar-refractivity contribution is 0.112. The van der Waals surface area contributed by atoms with Crippen LogP contribution in [0.2, 0.25) is 0 Å². The molecule has 0 aliphatic carbocycles. The fourth-order valence-electron chi connectivity index (χ4n) is 3.99. The number of hydrogen-bond donors (Lipinski definition) is 1. The molecule has 4 rings (SSSR count). The van der Waals surface area contributed by atoms with Crippen LogP contribution in [-0.4, -0.2) is 33.2 Å². The van der Waals surface area contributed by atoms with Crippen LogP contribution in [0, 0.1) is 5.92 Å². The van der Waals surface area contributed by atoms with E-state index in [0.29, 0.717) is 12.4 Å². The highest BCUT2D eigenvalue weighted by Crippen LogP contribution is 2.35. The molecular formula is C23H27N3O2. The molecule has 3 aromatic rings. The third-order valence-corrected chi connectivity index (χ3v) is 5.82. The Kier molecular flexibility index (Phi) is 5.55. The third kappa shape index (κ3) is 3.73. The van der Waals surface area contributed by atoms with Crippen LogP contribution in [0.3, 0.4) is 0 Å². The highest BCUT2D eigenvalue weighted by atomic mass is 16.5.